The standard InChI is InChI=1S/C15H21NO3/c1-15(2,3)14(19)16-10-12(9-13(17)18)11-7-5-4-6-8-11/h4-8,12H,9-10H2,1-3H3,(H,16,19)(H,17,18). The van der Waals surface area contributed by atoms with Gasteiger partial charge in [0.05, 0.1) is 6.42 Å². The van der Waals surface area contributed by atoms with E-state index in [1.54, 1.807) is 0 Å². The molecular weight excluding hydrogens is 242 g/mol. The van der Waals surface area contributed by atoms with Gasteiger partial charge in [-0.25, -0.2) is 0 Å². The lowest BCUT2D eigenvalue weighted by molar-refractivity contribution is -0.137. The highest BCUT2D eigenvalue weighted by Crippen LogP contribution is 2.20. The molecule has 0 aromatic heterocycles. The molecule has 0 aliphatic carbocycles. The number of aliphatic carboxylic acids is 1. The largest absolute Gasteiger partial charge is 0.481 e. The number of hydrogen-bond donors (Lipinski definition) is 2. The third-order valence-corrected chi connectivity index (χ3v) is 2.88. The van der Waals surface area contributed by atoms with Crippen LogP contribution in [0, 0.1) is 5.41 Å². The van der Waals surface area contributed by atoms with Crippen LogP contribution >= 0.6 is 0 Å². The maximum absolute atomic E-state index is 11.8. The summed E-state index contributed by atoms with van der Waals surface area (Å²) in [6, 6.07) is 9.40. The van der Waals surface area contributed by atoms with Crippen molar-refractivity contribution < 1.29 is 14.7 Å². The Morgan fingerprint density at radius 1 is 1.21 bits per heavy atom. The zero-order valence-corrected chi connectivity index (χ0v) is 11.6. The monoisotopic (exact) mass is 263 g/mol. The Morgan fingerprint density at radius 2 is 1.79 bits per heavy atom. The fourth-order valence-corrected chi connectivity index (χ4v) is 1.72. The quantitative estimate of drug-likeness (QED) is 0.857. The molecule has 0 saturated carbocycles. The minimum absolute atomic E-state index is 0.00837. The summed E-state index contributed by atoms with van der Waals surface area (Å²) in [5, 5.41) is 11.8. The van der Waals surface area contributed by atoms with E-state index in [9.17, 15) is 9.59 Å². The number of rotatable bonds is 5. The van der Waals surface area contributed by atoms with Crippen LogP contribution in [0.25, 0.3) is 0 Å². The van der Waals surface area contributed by atoms with Crippen LogP contribution in [-0.2, 0) is 9.59 Å². The summed E-state index contributed by atoms with van der Waals surface area (Å²) < 4.78 is 0. The second kappa shape index (κ2) is 6.36. The number of amides is 1. The molecule has 4 heteroatoms. The summed E-state index contributed by atoms with van der Waals surface area (Å²) in [5.74, 6) is -1.14. The number of hydrogen-bond acceptors (Lipinski definition) is 2. The number of benzene rings is 1. The second-order valence-corrected chi connectivity index (χ2v) is 5.67. The SMILES string of the molecule is CC(C)(C)C(=O)NCC(CC(=O)O)c1ccccc1. The van der Waals surface area contributed by atoms with Crippen molar-refractivity contribution in [3.63, 3.8) is 0 Å². The predicted octanol–water partition coefficient (Wildman–Crippen LogP) is 2.41. The van der Waals surface area contributed by atoms with Crippen LogP contribution in [0.1, 0.15) is 38.7 Å². The van der Waals surface area contributed by atoms with Gasteiger partial charge in [-0.3, -0.25) is 9.59 Å². The molecule has 104 valence electrons. The van der Waals surface area contributed by atoms with E-state index in [0.717, 1.165) is 5.56 Å². The van der Waals surface area contributed by atoms with E-state index in [1.165, 1.54) is 0 Å². The van der Waals surface area contributed by atoms with E-state index in [0.29, 0.717) is 6.54 Å². The summed E-state index contributed by atoms with van der Waals surface area (Å²) >= 11 is 0. The van der Waals surface area contributed by atoms with E-state index in [2.05, 4.69) is 5.32 Å². The molecule has 0 heterocycles. The third kappa shape index (κ3) is 5.12. The summed E-state index contributed by atoms with van der Waals surface area (Å²) in [5.41, 5.74) is 0.462. The molecule has 1 unspecified atom stereocenters. The van der Waals surface area contributed by atoms with Gasteiger partial charge in [-0.15, -0.1) is 0 Å². The Labute approximate surface area is 113 Å². The van der Waals surface area contributed by atoms with E-state index in [4.69, 9.17) is 5.11 Å². The molecule has 4 nitrogen and oxygen atoms in total. The topological polar surface area (TPSA) is 66.4 Å². The highest BCUT2D eigenvalue weighted by atomic mass is 16.4. The van der Waals surface area contributed by atoms with Gasteiger partial charge >= 0.3 is 5.97 Å². The second-order valence-electron chi connectivity index (χ2n) is 5.67. The number of nitrogens with one attached hydrogen (secondary N) is 1. The molecule has 0 fully saturated rings. The third-order valence-electron chi connectivity index (χ3n) is 2.88. The van der Waals surface area contributed by atoms with Crippen molar-refractivity contribution in [1.82, 2.24) is 5.32 Å². The first-order valence-electron chi connectivity index (χ1n) is 6.35. The van der Waals surface area contributed by atoms with Gasteiger partial charge in [-0.1, -0.05) is 51.1 Å². The Balaban J connectivity index is 2.72. The number of carboxylic acids is 1. The average Bonchev–Trinajstić information content (AvgIpc) is 2.33. The van der Waals surface area contributed by atoms with Crippen molar-refractivity contribution >= 4 is 11.9 Å². The minimum atomic E-state index is -0.862. The van der Waals surface area contributed by atoms with Crippen LogP contribution in [0.2, 0.25) is 0 Å². The van der Waals surface area contributed by atoms with E-state index < -0.39 is 11.4 Å². The molecule has 0 spiro atoms. The smallest absolute Gasteiger partial charge is 0.304 e. The van der Waals surface area contributed by atoms with E-state index >= 15 is 0 Å². The van der Waals surface area contributed by atoms with Crippen molar-refractivity contribution in [3.05, 3.63) is 35.9 Å². The van der Waals surface area contributed by atoms with Crippen LogP contribution in [0.3, 0.4) is 0 Å². The first kappa shape index (κ1) is 15.2. The lowest BCUT2D eigenvalue weighted by Gasteiger charge is -2.21. The summed E-state index contributed by atoms with van der Waals surface area (Å²) in [4.78, 5) is 22.7. The normalized spacial score (nSPS) is 12.8. The first-order valence-corrected chi connectivity index (χ1v) is 6.35. The fourth-order valence-electron chi connectivity index (χ4n) is 1.72. The molecule has 19 heavy (non-hydrogen) atoms. The minimum Gasteiger partial charge on any atom is -0.481 e. The highest BCUT2D eigenvalue weighted by molar-refractivity contribution is 5.81. The molecule has 1 aromatic carbocycles. The summed E-state index contributed by atoms with van der Waals surface area (Å²) in [6.45, 7) is 5.83. The van der Waals surface area contributed by atoms with Crippen LogP contribution in [-0.4, -0.2) is 23.5 Å². The maximum atomic E-state index is 11.8. The molecule has 2 N–H and O–H groups in total. The van der Waals surface area contributed by atoms with Gasteiger partial charge in [0.1, 0.15) is 0 Å². The van der Waals surface area contributed by atoms with Gasteiger partial charge in [0.15, 0.2) is 0 Å². The lowest BCUT2D eigenvalue weighted by Crippen LogP contribution is -2.37. The average molecular weight is 263 g/mol. The summed E-state index contributed by atoms with van der Waals surface area (Å²) in [7, 11) is 0. The number of carboxylic acid groups (broad SMARTS) is 1. The molecule has 0 saturated heterocycles. The van der Waals surface area contributed by atoms with Gasteiger partial charge in [0.25, 0.3) is 0 Å². The molecule has 1 aromatic rings. The zero-order valence-electron chi connectivity index (χ0n) is 11.6. The van der Waals surface area contributed by atoms with Crippen molar-refractivity contribution in [2.75, 3.05) is 6.54 Å². The molecule has 0 bridgehead atoms. The summed E-state index contributed by atoms with van der Waals surface area (Å²) in [6.07, 6.45) is 0.00837. The molecular formula is C15H21NO3. The predicted molar refractivity (Wildman–Crippen MR) is 73.9 cm³/mol. The van der Waals surface area contributed by atoms with E-state index in [-0.39, 0.29) is 18.2 Å². The first-order chi connectivity index (χ1) is 8.80. The highest BCUT2D eigenvalue weighted by Gasteiger charge is 2.23. The van der Waals surface area contributed by atoms with Crippen molar-refractivity contribution in [2.45, 2.75) is 33.1 Å². The Hall–Kier alpha value is -1.84. The molecule has 1 rings (SSSR count). The molecule has 0 radical (unpaired) electrons. The molecule has 1 atom stereocenters. The van der Waals surface area contributed by atoms with Crippen molar-refractivity contribution in [2.24, 2.45) is 5.41 Å². The van der Waals surface area contributed by atoms with Gasteiger partial charge in [-0.05, 0) is 5.56 Å². The lowest BCUT2D eigenvalue weighted by atomic mass is 9.93. The fraction of sp³-hybridized carbons (Fsp3) is 0.467. The Kier molecular flexibility index (Phi) is 5.10. The van der Waals surface area contributed by atoms with Crippen LogP contribution < -0.4 is 5.32 Å². The molecule has 0 aliphatic rings. The van der Waals surface area contributed by atoms with Crippen LogP contribution in [0.4, 0.5) is 0 Å². The maximum Gasteiger partial charge on any atom is 0.304 e. The van der Waals surface area contributed by atoms with Gasteiger partial charge in [0.2, 0.25) is 5.91 Å². The van der Waals surface area contributed by atoms with Gasteiger partial charge in [0, 0.05) is 17.9 Å². The van der Waals surface area contributed by atoms with Gasteiger partial charge in [-0.2, -0.15) is 0 Å². The van der Waals surface area contributed by atoms with Crippen LogP contribution in [0.5, 0.6) is 0 Å². The van der Waals surface area contributed by atoms with Crippen molar-refractivity contribution in [1.29, 1.82) is 0 Å². The number of carbonyl (C=O) groups is 2. The van der Waals surface area contributed by atoms with Gasteiger partial charge < -0.3 is 10.4 Å². The zero-order chi connectivity index (χ0) is 14.5. The van der Waals surface area contributed by atoms with E-state index in [1.807, 2.05) is 51.1 Å². The Bertz CT molecular complexity index is 434. The van der Waals surface area contributed by atoms with Crippen LogP contribution in [0.15, 0.2) is 30.3 Å². The Morgan fingerprint density at radius 3 is 2.26 bits per heavy atom. The number of carbonyl (C=O) groups excluding carboxylic acids is 1. The molecule has 0 aliphatic heterocycles. The van der Waals surface area contributed by atoms with Crippen molar-refractivity contribution in [3.8, 4) is 0 Å². The molecule has 1 amide bonds.